The lowest BCUT2D eigenvalue weighted by molar-refractivity contribution is 0.0974. The van der Waals surface area contributed by atoms with Gasteiger partial charge < -0.3 is 15.4 Å². The third-order valence-electron chi connectivity index (χ3n) is 6.57. The summed E-state index contributed by atoms with van der Waals surface area (Å²) in [5.74, 6) is 0.930. The zero-order valence-corrected chi connectivity index (χ0v) is 17.7. The first kappa shape index (κ1) is 19.1. The minimum Gasteiger partial charge on any atom is -0.376 e. The van der Waals surface area contributed by atoms with Gasteiger partial charge in [-0.2, -0.15) is 0 Å². The highest BCUT2D eigenvalue weighted by molar-refractivity contribution is 6.43. The molecule has 2 atom stereocenters. The van der Waals surface area contributed by atoms with Crippen LogP contribution < -0.4 is 10.6 Å². The number of ether oxygens (including phenoxy) is 1. The Kier molecular flexibility index (Phi) is 4.70. The molecule has 2 saturated heterocycles. The van der Waals surface area contributed by atoms with Gasteiger partial charge in [0.25, 0.3) is 0 Å². The molecule has 3 aromatic rings. The molecular weight excluding hydrogens is 409 g/mol. The monoisotopic (exact) mass is 431 g/mol. The number of nitrogens with zero attached hydrogens (tertiary/aromatic N) is 4. The number of halogens is 2. The fraction of sp³-hybridized carbons (Fsp3) is 0.429. The second-order valence-electron chi connectivity index (χ2n) is 8.11. The zero-order chi connectivity index (χ0) is 20.2. The van der Waals surface area contributed by atoms with Gasteiger partial charge in [0.05, 0.1) is 47.2 Å². The summed E-state index contributed by atoms with van der Waals surface area (Å²) in [5.41, 5.74) is 9.20. The van der Waals surface area contributed by atoms with E-state index in [9.17, 15) is 0 Å². The number of anilines is 1. The largest absolute Gasteiger partial charge is 0.376 e. The highest BCUT2D eigenvalue weighted by atomic mass is 35.5. The van der Waals surface area contributed by atoms with Crippen LogP contribution in [0.25, 0.3) is 16.8 Å². The van der Waals surface area contributed by atoms with Crippen molar-refractivity contribution < 1.29 is 4.74 Å². The summed E-state index contributed by atoms with van der Waals surface area (Å²) in [7, 11) is 0. The third-order valence-corrected chi connectivity index (χ3v) is 7.39. The molecule has 2 aliphatic heterocycles. The predicted molar refractivity (Wildman–Crippen MR) is 116 cm³/mol. The molecule has 1 aromatic carbocycles. The molecule has 29 heavy (non-hydrogen) atoms. The zero-order valence-electron chi connectivity index (χ0n) is 16.2. The Balaban J connectivity index is 1.47. The lowest BCUT2D eigenvalue weighted by atomic mass is 9.73. The van der Waals surface area contributed by atoms with Crippen molar-refractivity contribution in [2.45, 2.75) is 31.9 Å². The van der Waals surface area contributed by atoms with Crippen LogP contribution in [0.1, 0.15) is 19.8 Å². The maximum atomic E-state index is 6.46. The molecule has 2 aliphatic rings. The maximum absolute atomic E-state index is 6.46. The summed E-state index contributed by atoms with van der Waals surface area (Å²) in [5, 5.41) is 1.04. The Morgan fingerprint density at radius 1 is 1.21 bits per heavy atom. The van der Waals surface area contributed by atoms with Crippen LogP contribution in [-0.2, 0) is 4.74 Å². The molecule has 0 aliphatic carbocycles. The van der Waals surface area contributed by atoms with Crippen LogP contribution in [-0.4, -0.2) is 46.2 Å². The van der Waals surface area contributed by atoms with Crippen molar-refractivity contribution in [3.8, 4) is 11.3 Å². The first-order valence-electron chi connectivity index (χ1n) is 9.88. The van der Waals surface area contributed by atoms with Crippen LogP contribution in [0, 0.1) is 5.41 Å². The number of benzene rings is 1. The molecule has 2 N–H and O–H groups in total. The van der Waals surface area contributed by atoms with E-state index in [1.165, 1.54) is 0 Å². The number of piperidine rings is 1. The van der Waals surface area contributed by atoms with Gasteiger partial charge in [-0.05, 0) is 25.8 Å². The fourth-order valence-electron chi connectivity index (χ4n) is 4.68. The summed E-state index contributed by atoms with van der Waals surface area (Å²) >= 11 is 12.7. The molecule has 0 saturated carbocycles. The molecule has 1 spiro atoms. The number of hydrogen-bond donors (Lipinski definition) is 1. The van der Waals surface area contributed by atoms with E-state index >= 15 is 0 Å². The van der Waals surface area contributed by atoms with Crippen LogP contribution in [0.3, 0.4) is 0 Å². The van der Waals surface area contributed by atoms with Crippen molar-refractivity contribution >= 4 is 34.5 Å². The van der Waals surface area contributed by atoms with E-state index in [-0.39, 0.29) is 17.6 Å². The van der Waals surface area contributed by atoms with E-state index in [1.54, 1.807) is 12.4 Å². The van der Waals surface area contributed by atoms with Crippen molar-refractivity contribution in [2.24, 2.45) is 11.1 Å². The average Bonchev–Trinajstić information content (AvgIpc) is 3.32. The van der Waals surface area contributed by atoms with Gasteiger partial charge in [0, 0.05) is 30.1 Å². The van der Waals surface area contributed by atoms with E-state index in [4.69, 9.17) is 38.7 Å². The topological polar surface area (TPSA) is 68.7 Å². The van der Waals surface area contributed by atoms with Crippen LogP contribution in [0.15, 0.2) is 36.9 Å². The van der Waals surface area contributed by atoms with Gasteiger partial charge in [0.1, 0.15) is 5.52 Å². The molecular formula is C21H23Cl2N5O. The van der Waals surface area contributed by atoms with E-state index in [0.29, 0.717) is 10.0 Å². The molecule has 2 aromatic heterocycles. The highest BCUT2D eigenvalue weighted by Crippen LogP contribution is 2.42. The van der Waals surface area contributed by atoms with Crippen molar-refractivity contribution in [1.82, 2.24) is 14.4 Å². The smallest absolute Gasteiger partial charge is 0.154 e. The van der Waals surface area contributed by atoms with Gasteiger partial charge in [0.2, 0.25) is 0 Å². The number of aromatic nitrogens is 3. The summed E-state index contributed by atoms with van der Waals surface area (Å²) in [6.45, 7) is 4.62. The third kappa shape index (κ3) is 3.01. The minimum atomic E-state index is 0.0840. The van der Waals surface area contributed by atoms with Crippen LogP contribution in [0.4, 0.5) is 5.82 Å². The first-order chi connectivity index (χ1) is 14.0. The molecule has 0 unspecified atom stereocenters. The van der Waals surface area contributed by atoms with Gasteiger partial charge >= 0.3 is 0 Å². The van der Waals surface area contributed by atoms with Crippen LogP contribution >= 0.6 is 23.2 Å². The van der Waals surface area contributed by atoms with E-state index in [0.717, 1.165) is 55.1 Å². The van der Waals surface area contributed by atoms with Crippen molar-refractivity contribution in [2.75, 3.05) is 24.6 Å². The van der Waals surface area contributed by atoms with Gasteiger partial charge in [-0.25, -0.2) is 9.97 Å². The summed E-state index contributed by atoms with van der Waals surface area (Å²) in [4.78, 5) is 11.5. The molecule has 4 heterocycles. The Bertz CT molecular complexity index is 1060. The predicted octanol–water partition coefficient (Wildman–Crippen LogP) is 4.04. The van der Waals surface area contributed by atoms with Crippen molar-refractivity contribution in [3.63, 3.8) is 0 Å². The second kappa shape index (κ2) is 7.13. The maximum Gasteiger partial charge on any atom is 0.154 e. The Hall–Kier alpha value is -1.86. The second-order valence-corrected chi connectivity index (χ2v) is 8.89. The van der Waals surface area contributed by atoms with E-state index in [1.807, 2.05) is 28.9 Å². The Labute approximate surface area is 179 Å². The number of imidazole rings is 1. The lowest BCUT2D eigenvalue weighted by Crippen LogP contribution is -2.50. The van der Waals surface area contributed by atoms with Crippen molar-refractivity contribution in [1.29, 1.82) is 0 Å². The number of nitrogens with two attached hydrogens (primary N) is 1. The number of rotatable bonds is 2. The number of fused-ring (bicyclic) bond motifs is 1. The van der Waals surface area contributed by atoms with Crippen LogP contribution in [0.2, 0.25) is 10.0 Å². The van der Waals surface area contributed by atoms with Gasteiger partial charge in [-0.3, -0.25) is 4.40 Å². The summed E-state index contributed by atoms with van der Waals surface area (Å²) in [6, 6.07) is 5.71. The molecule has 6 nitrogen and oxygen atoms in total. The summed E-state index contributed by atoms with van der Waals surface area (Å²) < 4.78 is 7.87. The average molecular weight is 432 g/mol. The fourth-order valence-corrected chi connectivity index (χ4v) is 5.08. The summed E-state index contributed by atoms with van der Waals surface area (Å²) in [6.07, 6.45) is 7.62. The number of hydrogen-bond acceptors (Lipinski definition) is 5. The SMILES string of the molecule is C[C@@H]1OCC2(CCN(c3ncc(-c4cccc(Cl)c4Cl)n4cncc34)CC2)[C@@H]1N. The molecule has 0 bridgehead atoms. The van der Waals surface area contributed by atoms with Gasteiger partial charge in [-0.1, -0.05) is 35.3 Å². The molecule has 0 radical (unpaired) electrons. The first-order valence-corrected chi connectivity index (χ1v) is 10.6. The minimum absolute atomic E-state index is 0.0840. The normalized spacial score (nSPS) is 23.9. The van der Waals surface area contributed by atoms with Crippen LogP contribution in [0.5, 0.6) is 0 Å². The van der Waals surface area contributed by atoms with Gasteiger partial charge in [0.15, 0.2) is 5.82 Å². The lowest BCUT2D eigenvalue weighted by Gasteiger charge is -2.41. The molecule has 152 valence electrons. The highest BCUT2D eigenvalue weighted by Gasteiger charge is 2.47. The molecule has 5 rings (SSSR count). The molecule has 8 heteroatoms. The standard InChI is InChI=1S/C21H23Cl2N5O/c1-13-19(24)21(11-29-13)5-7-27(8-6-21)20-17-9-25-12-28(17)16(10-26-20)14-3-2-4-15(22)18(14)23/h2-4,9-10,12-13,19H,5-8,11,24H2,1H3/t13-,19+/m0/s1. The quantitative estimate of drug-likeness (QED) is 0.662. The van der Waals surface area contributed by atoms with E-state index in [2.05, 4.69) is 16.8 Å². The Morgan fingerprint density at radius 2 is 2.00 bits per heavy atom. The van der Waals surface area contributed by atoms with E-state index < -0.39 is 0 Å². The molecule has 2 fully saturated rings. The van der Waals surface area contributed by atoms with Gasteiger partial charge in [-0.15, -0.1) is 0 Å². The Morgan fingerprint density at radius 3 is 2.72 bits per heavy atom. The van der Waals surface area contributed by atoms with Crippen molar-refractivity contribution in [3.05, 3.63) is 47.0 Å². The molecule has 0 amide bonds.